The maximum absolute atomic E-state index is 13.3. The molecule has 1 aromatic rings. The van der Waals surface area contributed by atoms with Gasteiger partial charge in [0.05, 0.1) is 11.6 Å². The minimum Gasteiger partial charge on any atom is -0.335 e. The molecule has 8 nitrogen and oxygen atoms in total. The molecule has 1 saturated heterocycles. The quantitative estimate of drug-likeness (QED) is 0.689. The molecular formula is C22H29N5O3. The highest BCUT2D eigenvalue weighted by atomic mass is 16.2. The molecule has 4 amide bonds. The average Bonchev–Trinajstić information content (AvgIpc) is 3.29. The SMILES string of the molecule is CC(C(=O)N(CCN(C)C)Cc1ccc(C#N)cc1)N1C(=O)NC2(CCCC2)C1=O. The lowest BCUT2D eigenvalue weighted by Crippen LogP contribution is -2.51. The lowest BCUT2D eigenvalue weighted by atomic mass is 9.97. The van der Waals surface area contributed by atoms with E-state index >= 15 is 0 Å². The lowest BCUT2D eigenvalue weighted by Gasteiger charge is -2.30. The topological polar surface area (TPSA) is 96.8 Å². The van der Waals surface area contributed by atoms with Crippen molar-refractivity contribution in [1.82, 2.24) is 20.0 Å². The van der Waals surface area contributed by atoms with Crippen molar-refractivity contribution in [2.75, 3.05) is 27.2 Å². The van der Waals surface area contributed by atoms with Crippen molar-refractivity contribution in [3.8, 4) is 6.07 Å². The molecule has 0 bridgehead atoms. The van der Waals surface area contributed by atoms with E-state index in [1.807, 2.05) is 31.1 Å². The van der Waals surface area contributed by atoms with Crippen LogP contribution in [0.4, 0.5) is 4.79 Å². The number of likely N-dealkylation sites (N-methyl/N-ethyl adjacent to an activating group) is 1. The third-order valence-corrected chi connectivity index (χ3v) is 5.98. The van der Waals surface area contributed by atoms with E-state index in [0.717, 1.165) is 23.3 Å². The normalized spacial score (nSPS) is 18.6. The Morgan fingerprint density at radius 3 is 2.40 bits per heavy atom. The van der Waals surface area contributed by atoms with Crippen molar-refractivity contribution in [2.24, 2.45) is 0 Å². The predicted molar refractivity (Wildman–Crippen MR) is 111 cm³/mol. The van der Waals surface area contributed by atoms with Gasteiger partial charge in [0.1, 0.15) is 11.6 Å². The molecular weight excluding hydrogens is 382 g/mol. The zero-order valence-electron chi connectivity index (χ0n) is 17.9. The molecule has 1 spiro atoms. The highest BCUT2D eigenvalue weighted by molar-refractivity contribution is 6.09. The molecule has 1 atom stereocenters. The number of hydrogen-bond acceptors (Lipinski definition) is 5. The van der Waals surface area contributed by atoms with Crippen LogP contribution in [0.3, 0.4) is 0 Å². The Balaban J connectivity index is 1.78. The van der Waals surface area contributed by atoms with Crippen molar-refractivity contribution >= 4 is 17.8 Å². The van der Waals surface area contributed by atoms with Gasteiger partial charge in [-0.15, -0.1) is 0 Å². The van der Waals surface area contributed by atoms with Gasteiger partial charge in [0.25, 0.3) is 5.91 Å². The van der Waals surface area contributed by atoms with Crippen molar-refractivity contribution in [3.05, 3.63) is 35.4 Å². The molecule has 1 aromatic carbocycles. The van der Waals surface area contributed by atoms with Gasteiger partial charge >= 0.3 is 6.03 Å². The number of rotatable bonds is 7. The Kier molecular flexibility index (Phi) is 6.42. The average molecular weight is 412 g/mol. The summed E-state index contributed by atoms with van der Waals surface area (Å²) in [5, 5.41) is 11.8. The second-order valence-corrected chi connectivity index (χ2v) is 8.44. The summed E-state index contributed by atoms with van der Waals surface area (Å²) in [6.45, 7) is 3.08. The smallest absolute Gasteiger partial charge is 0.325 e. The van der Waals surface area contributed by atoms with E-state index in [2.05, 4.69) is 11.4 Å². The van der Waals surface area contributed by atoms with E-state index in [-0.39, 0.29) is 11.8 Å². The predicted octanol–water partition coefficient (Wildman–Crippen LogP) is 1.70. The van der Waals surface area contributed by atoms with Crippen molar-refractivity contribution in [3.63, 3.8) is 0 Å². The fourth-order valence-corrected chi connectivity index (χ4v) is 4.18. The number of carbonyl (C=O) groups is 3. The van der Waals surface area contributed by atoms with Crippen molar-refractivity contribution < 1.29 is 14.4 Å². The van der Waals surface area contributed by atoms with Crippen LogP contribution in [-0.4, -0.2) is 71.3 Å². The minimum absolute atomic E-state index is 0.264. The summed E-state index contributed by atoms with van der Waals surface area (Å²) in [5.41, 5.74) is 0.616. The monoisotopic (exact) mass is 411 g/mol. The van der Waals surface area contributed by atoms with Gasteiger partial charge in [0.2, 0.25) is 5.91 Å². The molecule has 2 fully saturated rings. The maximum Gasteiger partial charge on any atom is 0.325 e. The maximum atomic E-state index is 13.3. The summed E-state index contributed by atoms with van der Waals surface area (Å²) in [7, 11) is 3.85. The summed E-state index contributed by atoms with van der Waals surface area (Å²) in [6, 6.07) is 7.80. The number of carbonyl (C=O) groups excluding carboxylic acids is 3. The Labute approximate surface area is 177 Å². The second kappa shape index (κ2) is 8.84. The van der Waals surface area contributed by atoms with Gasteiger partial charge in [-0.05, 0) is 51.6 Å². The molecule has 30 heavy (non-hydrogen) atoms. The fourth-order valence-electron chi connectivity index (χ4n) is 4.18. The summed E-state index contributed by atoms with van der Waals surface area (Å²) < 4.78 is 0. The molecule has 8 heteroatoms. The Bertz CT molecular complexity index is 853. The van der Waals surface area contributed by atoms with E-state index in [9.17, 15) is 14.4 Å². The molecule has 1 N–H and O–H groups in total. The summed E-state index contributed by atoms with van der Waals surface area (Å²) in [5.74, 6) is -0.545. The number of imide groups is 1. The van der Waals surface area contributed by atoms with Crippen LogP contribution in [0, 0.1) is 11.3 Å². The fraction of sp³-hybridized carbons (Fsp3) is 0.545. The Hall–Kier alpha value is -2.92. The molecule has 1 aliphatic carbocycles. The van der Waals surface area contributed by atoms with E-state index < -0.39 is 17.6 Å². The summed E-state index contributed by atoms with van der Waals surface area (Å²) >= 11 is 0. The molecule has 2 aliphatic rings. The van der Waals surface area contributed by atoms with Gasteiger partial charge < -0.3 is 15.1 Å². The van der Waals surface area contributed by atoms with E-state index in [1.165, 1.54) is 0 Å². The molecule has 1 aliphatic heterocycles. The molecule has 0 aromatic heterocycles. The zero-order chi connectivity index (χ0) is 21.9. The summed E-state index contributed by atoms with van der Waals surface area (Å²) in [4.78, 5) is 43.7. The Morgan fingerprint density at radius 1 is 1.20 bits per heavy atom. The van der Waals surface area contributed by atoms with Gasteiger partial charge in [-0.2, -0.15) is 5.26 Å². The van der Waals surface area contributed by atoms with Crippen LogP contribution in [0.5, 0.6) is 0 Å². The first-order valence-electron chi connectivity index (χ1n) is 10.4. The number of amides is 4. The van der Waals surface area contributed by atoms with Gasteiger partial charge in [0, 0.05) is 19.6 Å². The first kappa shape index (κ1) is 21.8. The highest BCUT2D eigenvalue weighted by Gasteiger charge is 2.54. The van der Waals surface area contributed by atoms with Gasteiger partial charge in [0.15, 0.2) is 0 Å². The number of nitriles is 1. The number of hydrogen-bond donors (Lipinski definition) is 1. The van der Waals surface area contributed by atoms with Crippen LogP contribution in [-0.2, 0) is 16.1 Å². The van der Waals surface area contributed by atoms with Crippen molar-refractivity contribution in [2.45, 2.75) is 50.7 Å². The number of nitrogens with zero attached hydrogens (tertiary/aromatic N) is 4. The number of nitrogens with one attached hydrogen (secondary N) is 1. The molecule has 3 rings (SSSR count). The van der Waals surface area contributed by atoms with Crippen LogP contribution < -0.4 is 5.32 Å². The third-order valence-electron chi connectivity index (χ3n) is 5.98. The third kappa shape index (κ3) is 4.31. The van der Waals surface area contributed by atoms with E-state index in [4.69, 9.17) is 5.26 Å². The van der Waals surface area contributed by atoms with E-state index in [1.54, 1.807) is 24.0 Å². The van der Waals surface area contributed by atoms with Crippen LogP contribution in [0.2, 0.25) is 0 Å². The number of urea groups is 1. The second-order valence-electron chi connectivity index (χ2n) is 8.44. The van der Waals surface area contributed by atoms with Crippen LogP contribution in [0.25, 0.3) is 0 Å². The minimum atomic E-state index is -0.877. The Morgan fingerprint density at radius 2 is 1.83 bits per heavy atom. The van der Waals surface area contributed by atoms with Crippen LogP contribution >= 0.6 is 0 Å². The molecule has 1 heterocycles. The summed E-state index contributed by atoms with van der Waals surface area (Å²) in [6.07, 6.45) is 3.06. The zero-order valence-corrected chi connectivity index (χ0v) is 17.9. The molecule has 0 radical (unpaired) electrons. The first-order valence-corrected chi connectivity index (χ1v) is 10.4. The standard InChI is InChI=1S/C22H29N5O3/c1-16(27-20(29)22(24-21(27)30)10-4-5-11-22)19(28)26(13-12-25(2)3)15-18-8-6-17(14-23)7-9-18/h6-9,16H,4-5,10-13,15H2,1-3H3,(H,24,30). The lowest BCUT2D eigenvalue weighted by molar-refractivity contribution is -0.143. The largest absolute Gasteiger partial charge is 0.335 e. The molecule has 160 valence electrons. The molecule has 1 saturated carbocycles. The van der Waals surface area contributed by atoms with Crippen molar-refractivity contribution in [1.29, 1.82) is 5.26 Å². The van der Waals surface area contributed by atoms with Crippen LogP contribution in [0.1, 0.15) is 43.7 Å². The van der Waals surface area contributed by atoms with Gasteiger partial charge in [-0.3, -0.25) is 9.59 Å². The highest BCUT2D eigenvalue weighted by Crippen LogP contribution is 2.36. The number of benzene rings is 1. The van der Waals surface area contributed by atoms with Gasteiger partial charge in [-0.25, -0.2) is 9.69 Å². The van der Waals surface area contributed by atoms with Gasteiger partial charge in [-0.1, -0.05) is 25.0 Å². The first-order chi connectivity index (χ1) is 14.3. The van der Waals surface area contributed by atoms with Crippen LogP contribution in [0.15, 0.2) is 24.3 Å². The van der Waals surface area contributed by atoms with E-state index in [0.29, 0.717) is 38.0 Å². The molecule has 1 unspecified atom stereocenters.